The first kappa shape index (κ1) is 35.2. The van der Waals surface area contributed by atoms with Crippen molar-refractivity contribution in [3.05, 3.63) is 237 Å². The highest BCUT2D eigenvalue weighted by atomic mass is 16.3. The summed E-state index contributed by atoms with van der Waals surface area (Å²) in [7, 11) is 0. The largest absolute Gasteiger partial charge is 0.456 e. The summed E-state index contributed by atoms with van der Waals surface area (Å²) in [4.78, 5) is 2.36. The summed E-state index contributed by atoms with van der Waals surface area (Å²) in [5.74, 6) is 0. The van der Waals surface area contributed by atoms with Gasteiger partial charge in [-0.05, 0) is 121 Å². The third-order valence-electron chi connectivity index (χ3n) is 11.7. The molecule has 0 saturated heterocycles. The monoisotopic (exact) mass is 765 g/mol. The standard InChI is InChI=1S/C58H39NO/c1-3-16-41(17-4-1)50-23-9-10-25-54(50)58-51(42-18-5-2-6-19-42)26-14-27-52(58)43-31-33-47(34-32-43)59(49-35-36-57-55(39-49)53-24-11-12-28-56(53)60-57)48-22-13-21-45(38-48)46-30-29-40-15-7-8-20-44(40)37-46/h1-39H. The van der Waals surface area contributed by atoms with Crippen LogP contribution < -0.4 is 4.90 Å². The summed E-state index contributed by atoms with van der Waals surface area (Å²) in [6.07, 6.45) is 0. The highest BCUT2D eigenvalue weighted by Gasteiger charge is 2.20. The Hall–Kier alpha value is -7.94. The van der Waals surface area contributed by atoms with Crippen molar-refractivity contribution < 1.29 is 4.42 Å². The summed E-state index contributed by atoms with van der Waals surface area (Å²) in [5.41, 5.74) is 16.8. The lowest BCUT2D eigenvalue weighted by atomic mass is 9.84. The van der Waals surface area contributed by atoms with E-state index in [-0.39, 0.29) is 0 Å². The molecule has 0 aliphatic rings. The Kier molecular flexibility index (Phi) is 8.87. The van der Waals surface area contributed by atoms with Gasteiger partial charge >= 0.3 is 0 Å². The number of hydrogen-bond acceptors (Lipinski definition) is 2. The molecule has 0 aliphatic carbocycles. The number of rotatable bonds is 8. The first-order valence-corrected chi connectivity index (χ1v) is 20.5. The molecule has 2 heteroatoms. The van der Waals surface area contributed by atoms with E-state index in [4.69, 9.17) is 4.42 Å². The van der Waals surface area contributed by atoms with Gasteiger partial charge in [0, 0.05) is 27.8 Å². The van der Waals surface area contributed by atoms with Gasteiger partial charge in [-0.25, -0.2) is 0 Å². The highest BCUT2D eigenvalue weighted by Crippen LogP contribution is 2.45. The highest BCUT2D eigenvalue weighted by molar-refractivity contribution is 6.07. The Bertz CT molecular complexity index is 3310. The van der Waals surface area contributed by atoms with Gasteiger partial charge < -0.3 is 9.32 Å². The van der Waals surface area contributed by atoms with Crippen LogP contribution in [0.4, 0.5) is 17.1 Å². The number of furan rings is 1. The Morgan fingerprint density at radius 3 is 1.57 bits per heavy atom. The van der Waals surface area contributed by atoms with Gasteiger partial charge in [0.05, 0.1) is 0 Å². The van der Waals surface area contributed by atoms with E-state index in [1.165, 1.54) is 55.3 Å². The molecule has 282 valence electrons. The molecule has 0 radical (unpaired) electrons. The van der Waals surface area contributed by atoms with Gasteiger partial charge in [0.2, 0.25) is 0 Å². The van der Waals surface area contributed by atoms with Crippen LogP contribution in [0.1, 0.15) is 0 Å². The molecule has 11 aromatic rings. The number of para-hydroxylation sites is 1. The van der Waals surface area contributed by atoms with Crippen molar-refractivity contribution in [2.75, 3.05) is 4.90 Å². The van der Waals surface area contributed by atoms with Crippen LogP contribution in [0.2, 0.25) is 0 Å². The van der Waals surface area contributed by atoms with Crippen LogP contribution >= 0.6 is 0 Å². The van der Waals surface area contributed by atoms with E-state index in [0.29, 0.717) is 0 Å². The lowest BCUT2D eigenvalue weighted by molar-refractivity contribution is 0.669. The van der Waals surface area contributed by atoms with Crippen LogP contribution in [0.15, 0.2) is 241 Å². The van der Waals surface area contributed by atoms with Crippen LogP contribution in [-0.4, -0.2) is 0 Å². The first-order chi connectivity index (χ1) is 29.7. The van der Waals surface area contributed by atoms with Gasteiger partial charge in [0.15, 0.2) is 0 Å². The molecule has 1 heterocycles. The molecular weight excluding hydrogens is 727 g/mol. The van der Waals surface area contributed by atoms with Gasteiger partial charge in [-0.2, -0.15) is 0 Å². The number of nitrogens with zero attached hydrogens (tertiary/aromatic N) is 1. The summed E-state index contributed by atoms with van der Waals surface area (Å²) < 4.78 is 6.28. The van der Waals surface area contributed by atoms with Crippen LogP contribution in [0.25, 0.3) is 88.3 Å². The van der Waals surface area contributed by atoms with Gasteiger partial charge in [0.1, 0.15) is 11.2 Å². The zero-order valence-electron chi connectivity index (χ0n) is 32.9. The minimum atomic E-state index is 0.877. The fraction of sp³-hybridized carbons (Fsp3) is 0. The summed E-state index contributed by atoms with van der Waals surface area (Å²) in [6.45, 7) is 0. The quantitative estimate of drug-likeness (QED) is 0.153. The number of fused-ring (bicyclic) bond motifs is 4. The molecule has 1 aromatic heterocycles. The Morgan fingerprint density at radius 1 is 0.267 bits per heavy atom. The van der Waals surface area contributed by atoms with Crippen molar-refractivity contribution in [3.8, 4) is 55.6 Å². The molecule has 0 bridgehead atoms. The van der Waals surface area contributed by atoms with Crippen LogP contribution in [-0.2, 0) is 0 Å². The van der Waals surface area contributed by atoms with Crippen molar-refractivity contribution in [2.45, 2.75) is 0 Å². The molecule has 0 atom stereocenters. The maximum absolute atomic E-state index is 6.28. The predicted octanol–water partition coefficient (Wildman–Crippen LogP) is 16.5. The Labute approximate surface area is 349 Å². The van der Waals surface area contributed by atoms with E-state index in [2.05, 4.69) is 229 Å². The molecule has 11 rings (SSSR count). The van der Waals surface area contributed by atoms with Crippen LogP contribution in [0, 0.1) is 0 Å². The Morgan fingerprint density at radius 2 is 0.783 bits per heavy atom. The van der Waals surface area contributed by atoms with Gasteiger partial charge in [-0.1, -0.05) is 182 Å². The summed E-state index contributed by atoms with van der Waals surface area (Å²) in [5, 5.41) is 4.67. The van der Waals surface area contributed by atoms with Crippen molar-refractivity contribution >= 4 is 49.8 Å². The molecule has 0 fully saturated rings. The number of anilines is 3. The minimum Gasteiger partial charge on any atom is -0.456 e. The van der Waals surface area contributed by atoms with E-state index in [0.717, 1.165) is 50.1 Å². The Balaban J connectivity index is 1.07. The smallest absolute Gasteiger partial charge is 0.135 e. The van der Waals surface area contributed by atoms with Crippen molar-refractivity contribution in [1.82, 2.24) is 0 Å². The van der Waals surface area contributed by atoms with Crippen LogP contribution in [0.3, 0.4) is 0 Å². The molecule has 0 aliphatic heterocycles. The number of benzene rings is 10. The average molecular weight is 766 g/mol. The minimum absolute atomic E-state index is 0.877. The zero-order chi connectivity index (χ0) is 39.8. The second-order valence-electron chi connectivity index (χ2n) is 15.3. The van der Waals surface area contributed by atoms with Gasteiger partial charge in [-0.15, -0.1) is 0 Å². The second kappa shape index (κ2) is 15.1. The van der Waals surface area contributed by atoms with Gasteiger partial charge in [0.25, 0.3) is 0 Å². The van der Waals surface area contributed by atoms with Crippen molar-refractivity contribution in [2.24, 2.45) is 0 Å². The van der Waals surface area contributed by atoms with Crippen molar-refractivity contribution in [1.29, 1.82) is 0 Å². The fourth-order valence-corrected chi connectivity index (χ4v) is 8.80. The van der Waals surface area contributed by atoms with Crippen LogP contribution in [0.5, 0.6) is 0 Å². The SMILES string of the molecule is c1ccc(-c2ccccc2-c2c(-c3ccccc3)cccc2-c2ccc(N(c3cccc(-c4ccc5ccccc5c4)c3)c3ccc4oc5ccccc5c4c3)cc2)cc1. The molecule has 0 unspecified atom stereocenters. The molecule has 0 N–H and O–H groups in total. The summed E-state index contributed by atoms with van der Waals surface area (Å²) in [6, 6.07) is 85.0. The van der Waals surface area contributed by atoms with E-state index in [9.17, 15) is 0 Å². The maximum atomic E-state index is 6.28. The topological polar surface area (TPSA) is 16.4 Å². The molecule has 60 heavy (non-hydrogen) atoms. The molecule has 2 nitrogen and oxygen atoms in total. The number of hydrogen-bond donors (Lipinski definition) is 0. The van der Waals surface area contributed by atoms with Gasteiger partial charge in [-0.3, -0.25) is 0 Å². The van der Waals surface area contributed by atoms with Crippen molar-refractivity contribution in [3.63, 3.8) is 0 Å². The lowest BCUT2D eigenvalue weighted by Gasteiger charge is -2.26. The normalized spacial score (nSPS) is 11.3. The molecule has 0 amide bonds. The lowest BCUT2D eigenvalue weighted by Crippen LogP contribution is -2.10. The first-order valence-electron chi connectivity index (χ1n) is 20.5. The van der Waals surface area contributed by atoms with E-state index >= 15 is 0 Å². The summed E-state index contributed by atoms with van der Waals surface area (Å²) >= 11 is 0. The fourth-order valence-electron chi connectivity index (χ4n) is 8.80. The third kappa shape index (κ3) is 6.41. The molecule has 10 aromatic carbocycles. The zero-order valence-corrected chi connectivity index (χ0v) is 32.9. The second-order valence-corrected chi connectivity index (χ2v) is 15.3. The van der Waals surface area contributed by atoms with E-state index < -0.39 is 0 Å². The maximum Gasteiger partial charge on any atom is 0.135 e. The molecule has 0 spiro atoms. The van der Waals surface area contributed by atoms with E-state index in [1.54, 1.807) is 0 Å². The third-order valence-corrected chi connectivity index (χ3v) is 11.7. The molecular formula is C58H39NO. The van der Waals surface area contributed by atoms with E-state index in [1.807, 2.05) is 12.1 Å². The predicted molar refractivity (Wildman–Crippen MR) is 253 cm³/mol. The average Bonchev–Trinajstić information content (AvgIpc) is 3.70. The molecule has 0 saturated carbocycles.